The number of hydrogen-bond acceptors (Lipinski definition) is 1. The summed E-state index contributed by atoms with van der Waals surface area (Å²) in [6, 6.07) is 1.11. The van der Waals surface area contributed by atoms with Crippen LogP contribution >= 0.6 is 46.4 Å². The van der Waals surface area contributed by atoms with E-state index < -0.39 is 23.9 Å². The van der Waals surface area contributed by atoms with Crippen molar-refractivity contribution in [2.45, 2.75) is 31.6 Å². The van der Waals surface area contributed by atoms with Crippen LogP contribution in [0.2, 0.25) is 20.1 Å². The molecule has 1 N–H and O–H groups in total. The zero-order valence-electron chi connectivity index (χ0n) is 10.0. The summed E-state index contributed by atoms with van der Waals surface area (Å²) < 4.78 is 28.2. The Morgan fingerprint density at radius 1 is 1.10 bits per heavy atom. The molecule has 0 spiro atoms. The number of benzene rings is 1. The molecule has 112 valence electrons. The third-order valence-electron chi connectivity index (χ3n) is 2.61. The van der Waals surface area contributed by atoms with Crippen molar-refractivity contribution in [2.75, 3.05) is 0 Å². The highest BCUT2D eigenvalue weighted by molar-refractivity contribution is 6.49. The van der Waals surface area contributed by atoms with Crippen LogP contribution in [-0.2, 0) is 10.7 Å². The smallest absolute Gasteiger partial charge is 0.303 e. The standard InChI is InChI=1S/C12H10Cl4F2O2/c13-6-5-7(14)10(15)11(16)9(6)12(17,18)4-2-1-3-8(19)20/h5H,1-4H2,(H,19,20). The van der Waals surface area contributed by atoms with Gasteiger partial charge in [0.05, 0.1) is 25.7 Å². The van der Waals surface area contributed by atoms with Gasteiger partial charge in [0.1, 0.15) is 0 Å². The van der Waals surface area contributed by atoms with Crippen LogP contribution in [0.15, 0.2) is 6.07 Å². The van der Waals surface area contributed by atoms with Gasteiger partial charge in [0.15, 0.2) is 0 Å². The van der Waals surface area contributed by atoms with Crippen molar-refractivity contribution in [3.05, 3.63) is 31.7 Å². The Bertz CT molecular complexity index is 521. The van der Waals surface area contributed by atoms with Crippen LogP contribution in [0, 0.1) is 0 Å². The van der Waals surface area contributed by atoms with Gasteiger partial charge < -0.3 is 5.11 Å². The summed E-state index contributed by atoms with van der Waals surface area (Å²) >= 11 is 23.0. The van der Waals surface area contributed by atoms with Crippen molar-refractivity contribution in [1.29, 1.82) is 0 Å². The molecule has 0 heterocycles. The van der Waals surface area contributed by atoms with Crippen molar-refractivity contribution < 1.29 is 18.7 Å². The summed E-state index contributed by atoms with van der Waals surface area (Å²) in [6.45, 7) is 0. The van der Waals surface area contributed by atoms with E-state index in [0.717, 1.165) is 6.07 Å². The lowest BCUT2D eigenvalue weighted by Gasteiger charge is -2.20. The van der Waals surface area contributed by atoms with Crippen LogP contribution in [-0.4, -0.2) is 11.1 Å². The number of halogens is 6. The molecular formula is C12H10Cl4F2O2. The maximum atomic E-state index is 14.1. The molecule has 0 unspecified atom stereocenters. The molecule has 1 aromatic carbocycles. The summed E-state index contributed by atoms with van der Waals surface area (Å²) in [5.41, 5.74) is -0.578. The van der Waals surface area contributed by atoms with E-state index in [9.17, 15) is 13.6 Å². The lowest BCUT2D eigenvalue weighted by molar-refractivity contribution is -0.137. The van der Waals surface area contributed by atoms with Crippen LogP contribution in [0.1, 0.15) is 31.2 Å². The Kier molecular flexibility index (Phi) is 6.32. The molecule has 8 heteroatoms. The monoisotopic (exact) mass is 364 g/mol. The summed E-state index contributed by atoms with van der Waals surface area (Å²) in [6.07, 6.45) is -0.579. The SMILES string of the molecule is O=C(O)CCCCC(F)(F)c1c(Cl)cc(Cl)c(Cl)c1Cl. The van der Waals surface area contributed by atoms with E-state index in [2.05, 4.69) is 0 Å². The van der Waals surface area contributed by atoms with Crippen LogP contribution in [0.25, 0.3) is 0 Å². The highest BCUT2D eigenvalue weighted by Crippen LogP contribution is 2.46. The second kappa shape index (κ2) is 7.12. The van der Waals surface area contributed by atoms with Gasteiger partial charge in [0.2, 0.25) is 0 Å². The van der Waals surface area contributed by atoms with Gasteiger partial charge in [-0.3, -0.25) is 4.79 Å². The lowest BCUT2D eigenvalue weighted by Crippen LogP contribution is -2.15. The van der Waals surface area contributed by atoms with Gasteiger partial charge in [0.25, 0.3) is 5.92 Å². The Morgan fingerprint density at radius 2 is 1.70 bits per heavy atom. The van der Waals surface area contributed by atoms with Gasteiger partial charge in [-0.15, -0.1) is 0 Å². The van der Waals surface area contributed by atoms with Crippen LogP contribution < -0.4 is 0 Å². The number of alkyl halides is 2. The number of carboxylic acid groups (broad SMARTS) is 1. The molecule has 20 heavy (non-hydrogen) atoms. The highest BCUT2D eigenvalue weighted by Gasteiger charge is 2.37. The molecule has 0 aliphatic rings. The molecule has 0 aliphatic carbocycles. The average molecular weight is 366 g/mol. The molecule has 0 fully saturated rings. The fourth-order valence-corrected chi connectivity index (χ4v) is 2.84. The maximum absolute atomic E-state index is 14.1. The molecule has 0 bridgehead atoms. The number of hydrogen-bond donors (Lipinski definition) is 1. The second-order valence-electron chi connectivity index (χ2n) is 4.15. The van der Waals surface area contributed by atoms with Gasteiger partial charge in [-0.2, -0.15) is 0 Å². The fourth-order valence-electron chi connectivity index (χ4n) is 1.65. The number of aliphatic carboxylic acids is 1. The van der Waals surface area contributed by atoms with Gasteiger partial charge in [0, 0.05) is 12.8 Å². The second-order valence-corrected chi connectivity index (χ2v) is 5.72. The maximum Gasteiger partial charge on any atom is 0.303 e. The third-order valence-corrected chi connectivity index (χ3v) is 4.17. The van der Waals surface area contributed by atoms with Crippen molar-refractivity contribution in [2.24, 2.45) is 0 Å². The normalized spacial score (nSPS) is 11.7. The number of unbranched alkanes of at least 4 members (excludes halogenated alkanes) is 1. The van der Waals surface area contributed by atoms with Crippen LogP contribution in [0.5, 0.6) is 0 Å². The molecule has 0 aliphatic heterocycles. The van der Waals surface area contributed by atoms with E-state index in [4.69, 9.17) is 51.5 Å². The molecule has 0 amide bonds. The minimum absolute atomic E-state index is 0.00732. The molecule has 0 radical (unpaired) electrons. The lowest BCUT2D eigenvalue weighted by atomic mass is 10.0. The quantitative estimate of drug-likeness (QED) is 0.379. The molecule has 2 nitrogen and oxygen atoms in total. The molecule has 0 atom stereocenters. The summed E-state index contributed by atoms with van der Waals surface area (Å²) in [7, 11) is 0. The number of rotatable bonds is 6. The zero-order valence-corrected chi connectivity index (χ0v) is 13.1. The molecule has 1 rings (SSSR count). The van der Waals surface area contributed by atoms with E-state index in [1.165, 1.54) is 0 Å². The summed E-state index contributed by atoms with van der Waals surface area (Å²) in [5, 5.41) is 7.61. The largest absolute Gasteiger partial charge is 0.481 e. The van der Waals surface area contributed by atoms with Gasteiger partial charge >= 0.3 is 5.97 Å². The molecule has 0 saturated carbocycles. The van der Waals surface area contributed by atoms with E-state index in [1.807, 2.05) is 0 Å². The van der Waals surface area contributed by atoms with Gasteiger partial charge in [-0.25, -0.2) is 8.78 Å². The van der Waals surface area contributed by atoms with Gasteiger partial charge in [-0.05, 0) is 18.9 Å². The predicted molar refractivity (Wildman–Crippen MR) is 76.5 cm³/mol. The molecular weight excluding hydrogens is 356 g/mol. The van der Waals surface area contributed by atoms with Crippen molar-refractivity contribution in [3.8, 4) is 0 Å². The first-order chi connectivity index (χ1) is 9.16. The van der Waals surface area contributed by atoms with Crippen molar-refractivity contribution in [3.63, 3.8) is 0 Å². The number of carbonyl (C=O) groups is 1. The Morgan fingerprint density at radius 3 is 2.25 bits per heavy atom. The van der Waals surface area contributed by atoms with Gasteiger partial charge in [-0.1, -0.05) is 46.4 Å². The zero-order chi connectivity index (χ0) is 15.5. The average Bonchev–Trinajstić information content (AvgIpc) is 2.31. The first-order valence-electron chi connectivity index (χ1n) is 5.60. The first kappa shape index (κ1) is 17.8. The Balaban J connectivity index is 2.92. The third kappa shape index (κ3) is 4.35. The van der Waals surface area contributed by atoms with Crippen LogP contribution in [0.3, 0.4) is 0 Å². The molecule has 0 saturated heterocycles. The number of carboxylic acids is 1. The predicted octanol–water partition coefficient (Wildman–Crippen LogP) is 6.04. The minimum atomic E-state index is -3.30. The topological polar surface area (TPSA) is 37.3 Å². The van der Waals surface area contributed by atoms with Crippen molar-refractivity contribution >= 4 is 52.4 Å². The summed E-state index contributed by atoms with van der Waals surface area (Å²) in [5.74, 6) is -4.33. The Labute approximate surface area is 134 Å². The summed E-state index contributed by atoms with van der Waals surface area (Å²) in [4.78, 5) is 10.3. The fraction of sp³-hybridized carbons (Fsp3) is 0.417. The van der Waals surface area contributed by atoms with E-state index in [1.54, 1.807) is 0 Å². The van der Waals surface area contributed by atoms with E-state index in [-0.39, 0.29) is 39.4 Å². The highest BCUT2D eigenvalue weighted by atomic mass is 35.5. The van der Waals surface area contributed by atoms with E-state index >= 15 is 0 Å². The van der Waals surface area contributed by atoms with Crippen LogP contribution in [0.4, 0.5) is 8.78 Å². The first-order valence-corrected chi connectivity index (χ1v) is 7.11. The van der Waals surface area contributed by atoms with E-state index in [0.29, 0.717) is 0 Å². The Hall–Kier alpha value is -0.290. The van der Waals surface area contributed by atoms with Crippen molar-refractivity contribution in [1.82, 2.24) is 0 Å². The molecule has 0 aromatic heterocycles. The minimum Gasteiger partial charge on any atom is -0.481 e. The molecule has 1 aromatic rings.